The highest BCUT2D eigenvalue weighted by Gasteiger charge is 2.14. The average Bonchev–Trinajstić information content (AvgIpc) is 2.74. The number of nitrogens with zero attached hydrogens (tertiary/aromatic N) is 3. The molecule has 1 atom stereocenters. The molecule has 0 radical (unpaired) electrons. The molecule has 4 nitrogen and oxygen atoms in total. The maximum atomic E-state index is 10.0. The van der Waals surface area contributed by atoms with E-state index in [0.29, 0.717) is 6.42 Å². The summed E-state index contributed by atoms with van der Waals surface area (Å²) < 4.78 is 1.83. The summed E-state index contributed by atoms with van der Waals surface area (Å²) >= 11 is 1.65. The SMILES string of the molecule is Cc1nc(CC(O)c2cncn2C)sc1C. The molecule has 0 aliphatic carbocycles. The summed E-state index contributed by atoms with van der Waals surface area (Å²) in [6.45, 7) is 4.04. The van der Waals surface area contributed by atoms with Gasteiger partial charge in [0.05, 0.1) is 28.9 Å². The van der Waals surface area contributed by atoms with E-state index in [-0.39, 0.29) is 0 Å². The fourth-order valence-corrected chi connectivity index (χ4v) is 2.56. The Morgan fingerprint density at radius 1 is 1.50 bits per heavy atom. The van der Waals surface area contributed by atoms with Crippen LogP contribution in [-0.2, 0) is 13.5 Å². The van der Waals surface area contributed by atoms with Crippen molar-refractivity contribution >= 4 is 11.3 Å². The summed E-state index contributed by atoms with van der Waals surface area (Å²) in [7, 11) is 1.88. The van der Waals surface area contributed by atoms with E-state index in [0.717, 1.165) is 16.4 Å². The van der Waals surface area contributed by atoms with Gasteiger partial charge in [-0.15, -0.1) is 11.3 Å². The van der Waals surface area contributed by atoms with E-state index < -0.39 is 6.10 Å². The van der Waals surface area contributed by atoms with Crippen LogP contribution < -0.4 is 0 Å². The third kappa shape index (κ3) is 2.15. The minimum Gasteiger partial charge on any atom is -0.386 e. The molecule has 2 aromatic heterocycles. The van der Waals surface area contributed by atoms with Gasteiger partial charge in [-0.1, -0.05) is 0 Å². The van der Waals surface area contributed by atoms with Gasteiger partial charge in [-0.05, 0) is 13.8 Å². The monoisotopic (exact) mass is 237 g/mol. The van der Waals surface area contributed by atoms with Gasteiger partial charge in [0.15, 0.2) is 0 Å². The first-order valence-corrected chi connectivity index (χ1v) is 5.96. The Labute approximate surface area is 98.6 Å². The lowest BCUT2D eigenvalue weighted by Crippen LogP contribution is -2.06. The van der Waals surface area contributed by atoms with Crippen LogP contribution in [0.3, 0.4) is 0 Å². The van der Waals surface area contributed by atoms with Crippen LogP contribution in [0.2, 0.25) is 0 Å². The van der Waals surface area contributed by atoms with Crippen LogP contribution in [0.5, 0.6) is 0 Å². The molecule has 0 saturated heterocycles. The van der Waals surface area contributed by atoms with Crippen LogP contribution in [-0.4, -0.2) is 19.6 Å². The number of aryl methyl sites for hydroxylation is 3. The van der Waals surface area contributed by atoms with E-state index in [1.807, 2.05) is 25.5 Å². The average molecular weight is 237 g/mol. The maximum absolute atomic E-state index is 10.0. The molecule has 0 aliphatic heterocycles. The Kier molecular flexibility index (Phi) is 3.07. The van der Waals surface area contributed by atoms with Crippen LogP contribution in [0.25, 0.3) is 0 Å². The summed E-state index contributed by atoms with van der Waals surface area (Å²) in [6.07, 6.45) is 3.41. The second-order valence-electron chi connectivity index (χ2n) is 3.90. The predicted molar refractivity (Wildman–Crippen MR) is 63.5 cm³/mol. The Hall–Kier alpha value is -1.20. The minimum atomic E-state index is -0.530. The number of aliphatic hydroxyl groups is 1. The smallest absolute Gasteiger partial charge is 0.102 e. The normalized spacial score (nSPS) is 13.0. The summed E-state index contributed by atoms with van der Waals surface area (Å²) in [4.78, 5) is 9.63. The van der Waals surface area contributed by atoms with Crippen molar-refractivity contribution in [1.82, 2.24) is 14.5 Å². The molecule has 5 heteroatoms. The summed E-state index contributed by atoms with van der Waals surface area (Å²) in [5, 5.41) is 11.0. The third-order valence-electron chi connectivity index (χ3n) is 2.64. The van der Waals surface area contributed by atoms with Gasteiger partial charge in [-0.2, -0.15) is 0 Å². The lowest BCUT2D eigenvalue weighted by Gasteiger charge is -2.08. The van der Waals surface area contributed by atoms with E-state index in [4.69, 9.17) is 0 Å². The van der Waals surface area contributed by atoms with Crippen molar-refractivity contribution in [1.29, 1.82) is 0 Å². The van der Waals surface area contributed by atoms with Gasteiger partial charge >= 0.3 is 0 Å². The molecule has 16 heavy (non-hydrogen) atoms. The van der Waals surface area contributed by atoms with Crippen molar-refractivity contribution in [3.05, 3.63) is 33.8 Å². The molecule has 0 amide bonds. The highest BCUT2D eigenvalue weighted by atomic mass is 32.1. The highest BCUT2D eigenvalue weighted by Crippen LogP contribution is 2.22. The molecule has 0 bridgehead atoms. The first-order chi connectivity index (χ1) is 7.58. The van der Waals surface area contributed by atoms with E-state index in [1.165, 1.54) is 4.88 Å². The van der Waals surface area contributed by atoms with Gasteiger partial charge in [0, 0.05) is 18.3 Å². The Balaban J connectivity index is 2.13. The maximum Gasteiger partial charge on any atom is 0.102 e. The molecule has 0 spiro atoms. The second kappa shape index (κ2) is 4.35. The van der Waals surface area contributed by atoms with Crippen molar-refractivity contribution < 1.29 is 5.11 Å². The number of hydrogen-bond donors (Lipinski definition) is 1. The molecule has 2 aromatic rings. The zero-order valence-corrected chi connectivity index (χ0v) is 10.5. The molecular formula is C11H15N3OS. The van der Waals surface area contributed by atoms with Crippen molar-refractivity contribution in [2.24, 2.45) is 7.05 Å². The molecule has 1 unspecified atom stereocenters. The van der Waals surface area contributed by atoms with Crippen LogP contribution in [0.4, 0.5) is 0 Å². The number of aromatic nitrogens is 3. The van der Waals surface area contributed by atoms with E-state index in [9.17, 15) is 5.11 Å². The van der Waals surface area contributed by atoms with E-state index in [1.54, 1.807) is 23.9 Å². The fourth-order valence-electron chi connectivity index (χ4n) is 1.58. The third-order valence-corrected chi connectivity index (χ3v) is 3.73. The van der Waals surface area contributed by atoms with Gasteiger partial charge in [0.2, 0.25) is 0 Å². The van der Waals surface area contributed by atoms with Crippen molar-refractivity contribution in [2.45, 2.75) is 26.4 Å². The lowest BCUT2D eigenvalue weighted by molar-refractivity contribution is 0.170. The number of rotatable bonds is 3. The van der Waals surface area contributed by atoms with Crippen LogP contribution in [0, 0.1) is 13.8 Å². The van der Waals surface area contributed by atoms with Crippen LogP contribution in [0.1, 0.15) is 27.4 Å². The summed E-state index contributed by atoms with van der Waals surface area (Å²) in [5.41, 5.74) is 1.88. The highest BCUT2D eigenvalue weighted by molar-refractivity contribution is 7.11. The Morgan fingerprint density at radius 3 is 2.75 bits per heavy atom. The number of imidazole rings is 1. The van der Waals surface area contributed by atoms with E-state index in [2.05, 4.69) is 9.97 Å². The van der Waals surface area contributed by atoms with Crippen molar-refractivity contribution in [3.63, 3.8) is 0 Å². The fraction of sp³-hybridized carbons (Fsp3) is 0.455. The molecule has 2 rings (SSSR count). The summed E-state index contributed by atoms with van der Waals surface area (Å²) in [5.74, 6) is 0. The largest absolute Gasteiger partial charge is 0.386 e. The zero-order chi connectivity index (χ0) is 11.7. The first-order valence-electron chi connectivity index (χ1n) is 5.15. The number of aliphatic hydroxyl groups excluding tert-OH is 1. The molecule has 1 N–H and O–H groups in total. The van der Waals surface area contributed by atoms with Crippen molar-refractivity contribution in [3.8, 4) is 0 Å². The predicted octanol–water partition coefficient (Wildman–Crippen LogP) is 1.77. The molecule has 0 saturated carbocycles. The molecule has 86 valence electrons. The Bertz CT molecular complexity index is 470. The lowest BCUT2D eigenvalue weighted by atomic mass is 10.2. The zero-order valence-electron chi connectivity index (χ0n) is 9.64. The standard InChI is InChI=1S/C11H15N3OS/c1-7-8(2)16-11(13-7)4-10(15)9-5-12-6-14(9)3/h5-6,10,15H,4H2,1-3H3. The number of hydrogen-bond acceptors (Lipinski definition) is 4. The second-order valence-corrected chi connectivity index (χ2v) is 5.19. The topological polar surface area (TPSA) is 50.9 Å². The Morgan fingerprint density at radius 2 is 2.25 bits per heavy atom. The molecule has 0 fully saturated rings. The number of thiazole rings is 1. The van der Waals surface area contributed by atoms with Gasteiger partial charge in [-0.25, -0.2) is 9.97 Å². The van der Waals surface area contributed by atoms with Crippen LogP contribution >= 0.6 is 11.3 Å². The molecular weight excluding hydrogens is 222 g/mol. The molecule has 2 heterocycles. The van der Waals surface area contributed by atoms with Crippen LogP contribution in [0.15, 0.2) is 12.5 Å². The van der Waals surface area contributed by atoms with Gasteiger partial charge in [0.25, 0.3) is 0 Å². The van der Waals surface area contributed by atoms with Gasteiger partial charge < -0.3 is 9.67 Å². The molecule has 0 aliphatic rings. The minimum absolute atomic E-state index is 0.530. The summed E-state index contributed by atoms with van der Waals surface area (Å²) in [6, 6.07) is 0. The van der Waals surface area contributed by atoms with Gasteiger partial charge in [-0.3, -0.25) is 0 Å². The molecule has 0 aromatic carbocycles. The quantitative estimate of drug-likeness (QED) is 0.885. The van der Waals surface area contributed by atoms with Gasteiger partial charge in [0.1, 0.15) is 6.10 Å². The first kappa shape index (κ1) is 11.3. The van der Waals surface area contributed by atoms with E-state index >= 15 is 0 Å². The van der Waals surface area contributed by atoms with Crippen molar-refractivity contribution in [2.75, 3.05) is 0 Å².